The van der Waals surface area contributed by atoms with Gasteiger partial charge in [0.1, 0.15) is 38.8 Å². The maximum absolute atomic E-state index is 16.3. The van der Waals surface area contributed by atoms with E-state index in [0.29, 0.717) is 28.4 Å². The van der Waals surface area contributed by atoms with Gasteiger partial charge in [0.25, 0.3) is 0 Å². The summed E-state index contributed by atoms with van der Waals surface area (Å²) in [5.74, 6) is 0.623. The minimum absolute atomic E-state index is 0.0521. The van der Waals surface area contributed by atoms with Gasteiger partial charge >= 0.3 is 12.2 Å². The summed E-state index contributed by atoms with van der Waals surface area (Å²) in [5.41, 5.74) is 0.725. The topological polar surface area (TPSA) is 255 Å². The third-order valence-corrected chi connectivity index (χ3v) is 21.4. The molecular formula is C52H72FN9O12S2Si. The predicted molar refractivity (Wildman–Crippen MR) is 291 cm³/mol. The molecule has 1 unspecified atom stereocenters. The number of sulfonamides is 2. The normalized spacial score (nSPS) is 15.9. The number of carbonyl (C=O) groups excluding carboxylic acids is 1. The van der Waals surface area contributed by atoms with Crippen molar-refractivity contribution in [2.45, 2.75) is 113 Å². The Morgan fingerprint density at radius 2 is 1.35 bits per heavy atom. The van der Waals surface area contributed by atoms with E-state index in [1.807, 2.05) is 33.9 Å². The maximum atomic E-state index is 16.3. The quantitative estimate of drug-likeness (QED) is 0.0464. The molecule has 1 saturated heterocycles. The number of ether oxygens (including phenoxy) is 4. The molecule has 21 nitrogen and oxygen atoms in total. The van der Waals surface area contributed by atoms with Crippen molar-refractivity contribution in [3.05, 3.63) is 102 Å². The number of anilines is 1. The molecule has 6 rings (SSSR count). The number of nitrogens with one attached hydrogen (secondary N) is 3. The van der Waals surface area contributed by atoms with E-state index in [-0.39, 0.29) is 74.3 Å². The highest BCUT2D eigenvalue weighted by Gasteiger charge is 2.42. The molecule has 0 saturated carbocycles. The lowest BCUT2D eigenvalue weighted by Crippen LogP contribution is -2.51. The molecule has 1 aliphatic heterocycles. The van der Waals surface area contributed by atoms with Gasteiger partial charge in [0.15, 0.2) is 8.32 Å². The Kier molecular flexibility index (Phi) is 19.4. The Morgan fingerprint density at radius 1 is 0.805 bits per heavy atom. The van der Waals surface area contributed by atoms with Gasteiger partial charge in [0, 0.05) is 57.4 Å². The van der Waals surface area contributed by atoms with Crippen LogP contribution in [0.15, 0.2) is 94.7 Å². The summed E-state index contributed by atoms with van der Waals surface area (Å²) in [6.07, 6.45) is -4.51. The van der Waals surface area contributed by atoms with E-state index in [1.54, 1.807) is 98.5 Å². The summed E-state index contributed by atoms with van der Waals surface area (Å²) in [4.78, 5) is 25.8. The molecule has 0 bridgehead atoms. The summed E-state index contributed by atoms with van der Waals surface area (Å²) < 4.78 is 112. The number of rotatable bonds is 23. The van der Waals surface area contributed by atoms with Crippen LogP contribution in [0.3, 0.4) is 0 Å². The lowest BCUT2D eigenvalue weighted by atomic mass is 9.94. The van der Waals surface area contributed by atoms with Crippen LogP contribution in [0.4, 0.5) is 19.7 Å². The third-order valence-electron chi connectivity index (χ3n) is 13.4. The highest BCUT2D eigenvalue weighted by molar-refractivity contribution is 7.92. The second-order valence-electron chi connectivity index (χ2n) is 21.2. The monoisotopic (exact) mass is 1130 g/mol. The Labute approximate surface area is 452 Å². The van der Waals surface area contributed by atoms with Gasteiger partial charge in [-0.25, -0.2) is 35.5 Å². The number of hydrogen-bond acceptors (Lipinski definition) is 15. The smallest absolute Gasteiger partial charge is 0.407 e. The Morgan fingerprint density at radius 3 is 1.84 bits per heavy atom. The molecule has 2 heterocycles. The van der Waals surface area contributed by atoms with Gasteiger partial charge < -0.3 is 44.0 Å². The fraction of sp³-hybridized carbons (Fsp3) is 0.481. The van der Waals surface area contributed by atoms with E-state index in [2.05, 4.69) is 25.7 Å². The van der Waals surface area contributed by atoms with Crippen molar-refractivity contribution in [1.82, 2.24) is 39.9 Å². The standard InChI is InChI=1S/C52H72FN9O12S2Si/c1-51(2,3)73-50(65)55-29-42(74-77(10,11)52(4,5)6)30-56-75(66,67)45-25-24-44(60-27-26-38(43(53)34-60)28-54-49(63)64)46(48-57-59-62(58-48)33-37-16-22-41(72-9)23-17-37)47(45)76(68,69)61(31-35-12-18-39(70-7)19-13-35)32-36-14-20-40(71-8)21-15-36/h12-25,38,42-43,54,56H,26-34H2,1-11H3,(H,55,65)(H,63,64)/t38-,42?,43+/m0/s1. The number of carbonyl (C=O) groups is 2. The summed E-state index contributed by atoms with van der Waals surface area (Å²) in [7, 11) is -8.16. The molecule has 420 valence electrons. The van der Waals surface area contributed by atoms with Gasteiger partial charge in [-0.1, -0.05) is 57.2 Å². The van der Waals surface area contributed by atoms with E-state index < -0.39 is 80.7 Å². The molecular weight excluding hydrogens is 1050 g/mol. The number of halogens is 1. The summed E-state index contributed by atoms with van der Waals surface area (Å²) in [6.45, 7) is 13.6. The van der Waals surface area contributed by atoms with Crippen LogP contribution in [-0.2, 0) is 48.8 Å². The van der Waals surface area contributed by atoms with Gasteiger partial charge in [-0.05, 0) is 116 Å². The van der Waals surface area contributed by atoms with Crippen LogP contribution in [0.25, 0.3) is 11.4 Å². The number of nitrogens with zero attached hydrogens (tertiary/aromatic N) is 6. The number of amides is 2. The van der Waals surface area contributed by atoms with Crippen LogP contribution >= 0.6 is 0 Å². The Balaban J connectivity index is 1.58. The average molecular weight is 1130 g/mol. The second kappa shape index (κ2) is 25.0. The fourth-order valence-corrected chi connectivity index (χ4v) is 13.0. The molecule has 0 spiro atoms. The molecule has 1 aliphatic rings. The number of tetrazole rings is 1. The van der Waals surface area contributed by atoms with E-state index in [0.717, 1.165) is 15.9 Å². The molecule has 77 heavy (non-hydrogen) atoms. The number of carboxylic acid groups (broad SMARTS) is 1. The van der Waals surface area contributed by atoms with Crippen LogP contribution < -0.4 is 34.5 Å². The third kappa shape index (κ3) is 15.9. The minimum Gasteiger partial charge on any atom is -0.497 e. The molecule has 4 N–H and O–H groups in total. The molecule has 1 fully saturated rings. The molecule has 0 aliphatic carbocycles. The number of piperidine rings is 1. The molecule has 5 aromatic rings. The van der Waals surface area contributed by atoms with Gasteiger partial charge in [-0.2, -0.15) is 9.10 Å². The summed E-state index contributed by atoms with van der Waals surface area (Å²) >= 11 is 0. The number of alkyl carbamates (subject to hydrolysis) is 1. The van der Waals surface area contributed by atoms with Crippen LogP contribution in [0.1, 0.15) is 64.7 Å². The first-order valence-electron chi connectivity index (χ1n) is 25.0. The number of hydrogen-bond donors (Lipinski definition) is 4. The zero-order valence-electron chi connectivity index (χ0n) is 45.5. The van der Waals surface area contributed by atoms with Crippen LogP contribution in [0, 0.1) is 5.92 Å². The highest BCUT2D eigenvalue weighted by atomic mass is 32.2. The molecule has 2 amide bonds. The van der Waals surface area contributed by atoms with Gasteiger partial charge in [0.2, 0.25) is 25.9 Å². The predicted octanol–water partition coefficient (Wildman–Crippen LogP) is 7.43. The van der Waals surface area contributed by atoms with Crippen molar-refractivity contribution in [1.29, 1.82) is 0 Å². The molecule has 25 heteroatoms. The number of methoxy groups -OCH3 is 3. The zero-order valence-corrected chi connectivity index (χ0v) is 48.1. The van der Waals surface area contributed by atoms with Crippen molar-refractivity contribution >= 4 is 46.2 Å². The summed E-state index contributed by atoms with van der Waals surface area (Å²) in [6, 6.07) is 23.1. The lowest BCUT2D eigenvalue weighted by molar-refractivity contribution is 0.0498. The molecule has 0 radical (unpaired) electrons. The lowest BCUT2D eigenvalue weighted by Gasteiger charge is -2.39. The number of benzene rings is 4. The van der Waals surface area contributed by atoms with Crippen molar-refractivity contribution in [3.8, 4) is 28.6 Å². The average Bonchev–Trinajstić information content (AvgIpc) is 3.84. The first kappa shape index (κ1) is 59.9. The fourth-order valence-electron chi connectivity index (χ4n) is 8.19. The molecule has 3 atom stereocenters. The maximum Gasteiger partial charge on any atom is 0.407 e. The van der Waals surface area contributed by atoms with Crippen LogP contribution in [-0.4, -0.2) is 139 Å². The van der Waals surface area contributed by atoms with Gasteiger partial charge in [-0.15, -0.1) is 10.2 Å². The van der Waals surface area contributed by atoms with Crippen LogP contribution in [0.2, 0.25) is 18.1 Å². The molecule has 1 aromatic heterocycles. The SMILES string of the molecule is COc1ccc(CN(Cc2ccc(OC)cc2)S(=O)(=O)c2c(S(=O)(=O)NCC(CNC(=O)OC(C)(C)C)O[Si](C)(C)C(C)(C)C)ccc(N3CC[C@@H](CNC(=O)O)[C@H](F)C3)c2-c2nnn(Cc3ccc(OC)cc3)n2)cc1. The minimum atomic E-state index is -5.08. The van der Waals surface area contributed by atoms with E-state index in [9.17, 15) is 14.7 Å². The molecule has 4 aromatic carbocycles. The van der Waals surface area contributed by atoms with Gasteiger partial charge in [0.05, 0.1) is 39.5 Å². The highest BCUT2D eigenvalue weighted by Crippen LogP contribution is 2.43. The van der Waals surface area contributed by atoms with Crippen molar-refractivity contribution in [2.24, 2.45) is 5.92 Å². The van der Waals surface area contributed by atoms with Gasteiger partial charge in [-0.3, -0.25) is 0 Å². The first-order chi connectivity index (χ1) is 36.1. The van der Waals surface area contributed by atoms with Crippen molar-refractivity contribution in [3.63, 3.8) is 0 Å². The van der Waals surface area contributed by atoms with Crippen LogP contribution in [0.5, 0.6) is 17.2 Å². The first-order valence-corrected chi connectivity index (χ1v) is 30.8. The van der Waals surface area contributed by atoms with E-state index >= 15 is 21.2 Å². The largest absolute Gasteiger partial charge is 0.497 e. The van der Waals surface area contributed by atoms with E-state index in [4.69, 9.17) is 28.5 Å². The number of alkyl halides is 1. The number of aromatic nitrogens is 4. The Hall–Kier alpha value is -6.38. The summed E-state index contributed by atoms with van der Waals surface area (Å²) in [5, 5.41) is 27.3. The second-order valence-corrected chi connectivity index (χ2v) is 29.5. The Bertz CT molecular complexity index is 2980. The van der Waals surface area contributed by atoms with Crippen molar-refractivity contribution in [2.75, 3.05) is 59.0 Å². The zero-order chi connectivity index (χ0) is 56.5. The van der Waals surface area contributed by atoms with E-state index in [1.165, 1.54) is 32.2 Å². The van der Waals surface area contributed by atoms with Crippen molar-refractivity contribution < 1.29 is 59.3 Å².